The first-order valence-corrected chi connectivity index (χ1v) is 9.21. The fraction of sp³-hybridized carbons (Fsp3) is 0.400. The van der Waals surface area contributed by atoms with Gasteiger partial charge in [0.05, 0.1) is 12.0 Å². The monoisotopic (exact) mass is 370 g/mol. The van der Waals surface area contributed by atoms with Crippen molar-refractivity contribution >= 4 is 17.1 Å². The summed E-state index contributed by atoms with van der Waals surface area (Å²) in [7, 11) is 1.68. The van der Waals surface area contributed by atoms with Gasteiger partial charge in [-0.2, -0.15) is 0 Å². The molecule has 0 atom stereocenters. The first-order chi connectivity index (χ1) is 13.1. The number of piperazine rings is 1. The minimum absolute atomic E-state index is 0.000561. The normalized spacial score (nSPS) is 14.9. The Morgan fingerprint density at radius 3 is 2.44 bits per heavy atom. The first kappa shape index (κ1) is 19.0. The number of rotatable bonds is 7. The summed E-state index contributed by atoms with van der Waals surface area (Å²) >= 11 is 0. The van der Waals surface area contributed by atoms with Crippen molar-refractivity contribution in [2.24, 2.45) is 0 Å². The quantitative estimate of drug-likeness (QED) is 0.458. The number of aryl methyl sites for hydroxylation is 1. The van der Waals surface area contributed by atoms with Gasteiger partial charge in [0.25, 0.3) is 5.69 Å². The molecule has 7 heteroatoms. The molecule has 0 saturated carbocycles. The van der Waals surface area contributed by atoms with Crippen LogP contribution in [0.3, 0.4) is 0 Å². The van der Waals surface area contributed by atoms with Gasteiger partial charge in [-0.3, -0.25) is 15.0 Å². The average molecular weight is 370 g/mol. The highest BCUT2D eigenvalue weighted by Gasteiger charge is 2.17. The van der Waals surface area contributed by atoms with Crippen molar-refractivity contribution in [3.05, 3.63) is 58.1 Å². The van der Waals surface area contributed by atoms with Crippen LogP contribution in [0.5, 0.6) is 5.75 Å². The zero-order chi connectivity index (χ0) is 19.2. The number of nitro benzene ring substituents is 1. The van der Waals surface area contributed by atoms with Crippen LogP contribution in [0.2, 0.25) is 0 Å². The molecule has 0 radical (unpaired) electrons. The molecular formula is C20H26N4O3. The van der Waals surface area contributed by atoms with E-state index in [-0.39, 0.29) is 11.4 Å². The molecule has 0 bridgehead atoms. The van der Waals surface area contributed by atoms with E-state index in [9.17, 15) is 10.1 Å². The van der Waals surface area contributed by atoms with Crippen molar-refractivity contribution in [1.82, 2.24) is 4.90 Å². The van der Waals surface area contributed by atoms with E-state index in [2.05, 4.69) is 21.9 Å². The van der Waals surface area contributed by atoms with Crippen LogP contribution in [0.1, 0.15) is 12.0 Å². The number of nitrogen functional groups attached to an aromatic ring is 1. The lowest BCUT2D eigenvalue weighted by Gasteiger charge is -2.36. The van der Waals surface area contributed by atoms with Gasteiger partial charge in [0.15, 0.2) is 0 Å². The van der Waals surface area contributed by atoms with Crippen LogP contribution in [0.25, 0.3) is 0 Å². The summed E-state index contributed by atoms with van der Waals surface area (Å²) < 4.78 is 5.21. The molecule has 0 aromatic heterocycles. The molecule has 1 heterocycles. The van der Waals surface area contributed by atoms with Crippen molar-refractivity contribution in [2.75, 3.05) is 50.5 Å². The third-order valence-corrected chi connectivity index (χ3v) is 5.04. The van der Waals surface area contributed by atoms with E-state index in [1.54, 1.807) is 19.2 Å². The van der Waals surface area contributed by atoms with Gasteiger partial charge in [-0.15, -0.1) is 0 Å². The number of anilines is 2. The Balaban J connectivity index is 1.44. The van der Waals surface area contributed by atoms with Crippen LogP contribution in [-0.4, -0.2) is 49.7 Å². The highest BCUT2D eigenvalue weighted by Crippen LogP contribution is 2.23. The van der Waals surface area contributed by atoms with Crippen molar-refractivity contribution in [3.63, 3.8) is 0 Å². The molecule has 1 saturated heterocycles. The number of hydrogen-bond acceptors (Lipinski definition) is 6. The van der Waals surface area contributed by atoms with E-state index in [4.69, 9.17) is 10.5 Å². The Labute approximate surface area is 159 Å². The third-order valence-electron chi connectivity index (χ3n) is 5.04. The molecule has 144 valence electrons. The Bertz CT molecular complexity index is 771. The van der Waals surface area contributed by atoms with Crippen molar-refractivity contribution in [2.45, 2.75) is 12.8 Å². The average Bonchev–Trinajstić information content (AvgIpc) is 2.69. The van der Waals surface area contributed by atoms with Crippen LogP contribution < -0.4 is 15.4 Å². The summed E-state index contributed by atoms with van der Waals surface area (Å²) in [5.74, 6) is 0.875. The molecule has 27 heavy (non-hydrogen) atoms. The maximum atomic E-state index is 11.0. The molecule has 7 nitrogen and oxygen atoms in total. The molecule has 1 fully saturated rings. The molecule has 2 aromatic carbocycles. The van der Waals surface area contributed by atoms with Crippen LogP contribution >= 0.6 is 0 Å². The summed E-state index contributed by atoms with van der Waals surface area (Å²) in [4.78, 5) is 15.4. The Morgan fingerprint density at radius 2 is 1.81 bits per heavy atom. The number of hydrogen-bond donors (Lipinski definition) is 1. The number of methoxy groups -OCH3 is 1. The van der Waals surface area contributed by atoms with Gasteiger partial charge in [0.2, 0.25) is 0 Å². The standard InChI is InChI=1S/C20H26N4O3/c1-27-18-7-5-17(6-8-18)23-13-11-22(12-14-23)10-2-3-16-4-9-19(21)20(15-16)24(25)26/h4-9,15H,2-3,10-14,21H2,1H3. The van der Waals surface area contributed by atoms with Crippen LogP contribution in [0.4, 0.5) is 17.1 Å². The van der Waals surface area contributed by atoms with Gasteiger partial charge >= 0.3 is 0 Å². The first-order valence-electron chi connectivity index (χ1n) is 9.21. The van der Waals surface area contributed by atoms with E-state index < -0.39 is 4.92 Å². The van der Waals surface area contributed by atoms with Crippen molar-refractivity contribution in [1.29, 1.82) is 0 Å². The predicted molar refractivity (Wildman–Crippen MR) is 107 cm³/mol. The second-order valence-corrected chi connectivity index (χ2v) is 6.78. The van der Waals surface area contributed by atoms with Gasteiger partial charge in [-0.25, -0.2) is 0 Å². The van der Waals surface area contributed by atoms with Crippen LogP contribution in [-0.2, 0) is 6.42 Å². The predicted octanol–water partition coefficient (Wildman–Crippen LogP) is 2.94. The molecule has 1 aliphatic rings. The fourth-order valence-electron chi connectivity index (χ4n) is 3.43. The molecular weight excluding hydrogens is 344 g/mol. The number of nitrogens with zero attached hydrogens (tertiary/aromatic N) is 3. The maximum Gasteiger partial charge on any atom is 0.292 e. The number of nitro groups is 1. The van der Waals surface area contributed by atoms with Gasteiger partial charge in [0.1, 0.15) is 11.4 Å². The molecule has 3 rings (SSSR count). The molecule has 0 amide bonds. The largest absolute Gasteiger partial charge is 0.497 e. The topological polar surface area (TPSA) is 84.9 Å². The Morgan fingerprint density at radius 1 is 1.11 bits per heavy atom. The van der Waals surface area contributed by atoms with Crippen LogP contribution in [0, 0.1) is 10.1 Å². The van der Waals surface area contributed by atoms with E-state index in [0.717, 1.165) is 56.9 Å². The van der Waals surface area contributed by atoms with E-state index in [1.807, 2.05) is 18.2 Å². The number of ether oxygens (including phenoxy) is 1. The van der Waals surface area contributed by atoms with E-state index in [1.165, 1.54) is 5.69 Å². The minimum atomic E-state index is -0.419. The highest BCUT2D eigenvalue weighted by molar-refractivity contribution is 5.59. The fourth-order valence-corrected chi connectivity index (χ4v) is 3.43. The zero-order valence-corrected chi connectivity index (χ0v) is 15.6. The summed E-state index contributed by atoms with van der Waals surface area (Å²) in [5, 5.41) is 11.0. The number of nitrogens with two attached hydrogens (primary N) is 1. The molecule has 2 N–H and O–H groups in total. The van der Waals surface area contributed by atoms with E-state index in [0.29, 0.717) is 0 Å². The smallest absolute Gasteiger partial charge is 0.292 e. The van der Waals surface area contributed by atoms with Gasteiger partial charge in [-0.1, -0.05) is 6.07 Å². The maximum absolute atomic E-state index is 11.0. The molecule has 0 spiro atoms. The zero-order valence-electron chi connectivity index (χ0n) is 15.6. The lowest BCUT2D eigenvalue weighted by molar-refractivity contribution is -0.384. The molecule has 0 unspecified atom stereocenters. The second-order valence-electron chi connectivity index (χ2n) is 6.78. The molecule has 2 aromatic rings. The minimum Gasteiger partial charge on any atom is -0.497 e. The van der Waals surface area contributed by atoms with Crippen molar-refractivity contribution < 1.29 is 9.66 Å². The summed E-state index contributed by atoms with van der Waals surface area (Å²) in [6.07, 6.45) is 1.80. The summed E-state index contributed by atoms with van der Waals surface area (Å²) in [6.45, 7) is 5.04. The SMILES string of the molecule is COc1ccc(N2CCN(CCCc3ccc(N)c([N+](=O)[O-])c3)CC2)cc1. The Kier molecular flexibility index (Phi) is 6.13. The molecule has 1 aliphatic heterocycles. The third kappa shape index (κ3) is 4.89. The summed E-state index contributed by atoms with van der Waals surface area (Å²) in [6, 6.07) is 13.3. The van der Waals surface area contributed by atoms with Gasteiger partial charge in [-0.05, 0) is 55.3 Å². The van der Waals surface area contributed by atoms with Crippen LogP contribution in [0.15, 0.2) is 42.5 Å². The highest BCUT2D eigenvalue weighted by atomic mass is 16.6. The Hall–Kier alpha value is -2.80. The van der Waals surface area contributed by atoms with Gasteiger partial charge < -0.3 is 15.4 Å². The molecule has 0 aliphatic carbocycles. The van der Waals surface area contributed by atoms with Gasteiger partial charge in [0, 0.05) is 37.9 Å². The van der Waals surface area contributed by atoms with E-state index >= 15 is 0 Å². The lowest BCUT2D eigenvalue weighted by Crippen LogP contribution is -2.46. The second kappa shape index (κ2) is 8.73. The lowest BCUT2D eigenvalue weighted by atomic mass is 10.1. The summed E-state index contributed by atoms with van der Waals surface area (Å²) in [5.41, 5.74) is 8.06. The number of benzene rings is 2. The van der Waals surface area contributed by atoms with Crippen molar-refractivity contribution in [3.8, 4) is 5.75 Å².